The van der Waals surface area contributed by atoms with Crippen LogP contribution in [0.2, 0.25) is 0 Å². The Balaban J connectivity index is 2.29. The molecule has 4 nitrogen and oxygen atoms in total. The summed E-state index contributed by atoms with van der Waals surface area (Å²) in [5.74, 6) is -0.513. The third-order valence-electron chi connectivity index (χ3n) is 3.48. The number of hydrogen-bond donors (Lipinski definition) is 2. The van der Waals surface area contributed by atoms with Gasteiger partial charge in [-0.1, -0.05) is 0 Å². The van der Waals surface area contributed by atoms with Gasteiger partial charge < -0.3 is 15.8 Å². The zero-order valence-electron chi connectivity index (χ0n) is 10.9. The maximum absolute atomic E-state index is 13.0. The molecule has 110 valence electrons. The number of ether oxygens (including phenoxy) is 1. The van der Waals surface area contributed by atoms with Crippen molar-refractivity contribution in [3.05, 3.63) is 23.8 Å². The Kier molecular flexibility index (Phi) is 3.64. The average molecular weight is 288 g/mol. The van der Waals surface area contributed by atoms with Gasteiger partial charge in [0.2, 0.25) is 5.91 Å². The van der Waals surface area contributed by atoms with E-state index in [-0.39, 0.29) is 11.4 Å². The Morgan fingerprint density at radius 2 is 2.05 bits per heavy atom. The van der Waals surface area contributed by atoms with Crippen molar-refractivity contribution in [2.45, 2.75) is 31.0 Å². The van der Waals surface area contributed by atoms with Crippen LogP contribution < -0.4 is 15.8 Å². The maximum Gasteiger partial charge on any atom is 0.418 e. The van der Waals surface area contributed by atoms with E-state index in [1.165, 1.54) is 19.2 Å². The van der Waals surface area contributed by atoms with E-state index >= 15 is 0 Å². The second-order valence-corrected chi connectivity index (χ2v) is 4.87. The lowest BCUT2D eigenvalue weighted by molar-refractivity contribution is -0.137. The van der Waals surface area contributed by atoms with Crippen LogP contribution >= 0.6 is 0 Å². The number of benzene rings is 1. The van der Waals surface area contributed by atoms with Gasteiger partial charge in [-0.3, -0.25) is 4.79 Å². The SMILES string of the molecule is COc1ccc(NC(=O)C2(N)CCC2)c(C(F)(F)F)c1. The number of nitrogens with two attached hydrogens (primary N) is 1. The summed E-state index contributed by atoms with van der Waals surface area (Å²) in [6.07, 6.45) is -2.82. The second-order valence-electron chi connectivity index (χ2n) is 4.87. The van der Waals surface area contributed by atoms with Crippen molar-refractivity contribution in [3.8, 4) is 5.75 Å². The molecule has 1 saturated carbocycles. The fourth-order valence-electron chi connectivity index (χ4n) is 2.03. The van der Waals surface area contributed by atoms with Crippen LogP contribution in [0.3, 0.4) is 0 Å². The maximum atomic E-state index is 13.0. The number of carbonyl (C=O) groups is 1. The van der Waals surface area contributed by atoms with E-state index < -0.39 is 23.2 Å². The highest BCUT2D eigenvalue weighted by Gasteiger charge is 2.41. The zero-order chi connectivity index (χ0) is 15.0. The van der Waals surface area contributed by atoms with Gasteiger partial charge in [0.25, 0.3) is 0 Å². The molecule has 1 aromatic carbocycles. The van der Waals surface area contributed by atoms with E-state index in [1.54, 1.807) is 0 Å². The van der Waals surface area contributed by atoms with E-state index in [0.717, 1.165) is 12.5 Å². The minimum absolute atomic E-state index is 0.0708. The van der Waals surface area contributed by atoms with Gasteiger partial charge in [-0.2, -0.15) is 13.2 Å². The summed E-state index contributed by atoms with van der Waals surface area (Å²) in [5.41, 5.74) is 3.48. The van der Waals surface area contributed by atoms with Gasteiger partial charge in [-0.25, -0.2) is 0 Å². The molecule has 2 rings (SSSR count). The smallest absolute Gasteiger partial charge is 0.418 e. The summed E-state index contributed by atoms with van der Waals surface area (Å²) in [7, 11) is 1.27. The summed E-state index contributed by atoms with van der Waals surface area (Å²) < 4.78 is 43.7. The number of amides is 1. The Morgan fingerprint density at radius 1 is 1.40 bits per heavy atom. The lowest BCUT2D eigenvalue weighted by Gasteiger charge is -2.36. The molecule has 0 spiro atoms. The van der Waals surface area contributed by atoms with Crippen molar-refractivity contribution in [1.29, 1.82) is 0 Å². The third kappa shape index (κ3) is 2.72. The first kappa shape index (κ1) is 14.6. The van der Waals surface area contributed by atoms with Crippen molar-refractivity contribution < 1.29 is 22.7 Å². The monoisotopic (exact) mass is 288 g/mol. The molecule has 1 fully saturated rings. The quantitative estimate of drug-likeness (QED) is 0.898. The topological polar surface area (TPSA) is 64.3 Å². The molecule has 1 amide bonds. The zero-order valence-corrected chi connectivity index (χ0v) is 10.9. The van der Waals surface area contributed by atoms with Gasteiger partial charge in [-0.15, -0.1) is 0 Å². The molecule has 0 aliphatic heterocycles. The number of halogens is 3. The lowest BCUT2D eigenvalue weighted by atomic mass is 9.77. The number of methoxy groups -OCH3 is 1. The normalized spacial score (nSPS) is 17.2. The molecular weight excluding hydrogens is 273 g/mol. The van der Waals surface area contributed by atoms with Crippen LogP contribution in [0.1, 0.15) is 24.8 Å². The van der Waals surface area contributed by atoms with Crippen molar-refractivity contribution in [1.82, 2.24) is 0 Å². The molecule has 1 aliphatic rings. The average Bonchev–Trinajstić information content (AvgIpc) is 2.35. The Labute approximate surface area is 114 Å². The van der Waals surface area contributed by atoms with Crippen molar-refractivity contribution >= 4 is 11.6 Å². The summed E-state index contributed by atoms with van der Waals surface area (Å²) in [4.78, 5) is 11.9. The van der Waals surface area contributed by atoms with Crippen molar-refractivity contribution in [2.24, 2.45) is 5.73 Å². The largest absolute Gasteiger partial charge is 0.497 e. The first-order chi connectivity index (χ1) is 9.26. The van der Waals surface area contributed by atoms with Crippen LogP contribution in [0.25, 0.3) is 0 Å². The van der Waals surface area contributed by atoms with E-state index in [9.17, 15) is 18.0 Å². The van der Waals surface area contributed by atoms with Crippen molar-refractivity contribution in [2.75, 3.05) is 12.4 Å². The van der Waals surface area contributed by atoms with Crippen LogP contribution in [0, 0.1) is 0 Å². The fourth-order valence-corrected chi connectivity index (χ4v) is 2.03. The molecule has 0 heterocycles. The van der Waals surface area contributed by atoms with E-state index in [2.05, 4.69) is 5.32 Å². The lowest BCUT2D eigenvalue weighted by Crippen LogP contribution is -2.56. The van der Waals surface area contributed by atoms with Crippen LogP contribution in [-0.2, 0) is 11.0 Å². The highest BCUT2D eigenvalue weighted by Crippen LogP contribution is 2.38. The first-order valence-corrected chi connectivity index (χ1v) is 6.12. The molecule has 0 aromatic heterocycles. The first-order valence-electron chi connectivity index (χ1n) is 6.12. The molecule has 7 heteroatoms. The minimum atomic E-state index is -4.58. The second kappa shape index (κ2) is 4.97. The summed E-state index contributed by atoms with van der Waals surface area (Å²) in [6, 6.07) is 3.37. The molecular formula is C13H15F3N2O2. The fraction of sp³-hybridized carbons (Fsp3) is 0.462. The Hall–Kier alpha value is -1.76. The van der Waals surface area contributed by atoms with Crippen LogP contribution in [0.4, 0.5) is 18.9 Å². The Bertz CT molecular complexity index is 525. The molecule has 0 atom stereocenters. The predicted molar refractivity (Wildman–Crippen MR) is 67.4 cm³/mol. The van der Waals surface area contributed by atoms with Crippen LogP contribution in [0.15, 0.2) is 18.2 Å². The van der Waals surface area contributed by atoms with E-state index in [4.69, 9.17) is 10.5 Å². The molecule has 0 saturated heterocycles. The molecule has 0 unspecified atom stereocenters. The summed E-state index contributed by atoms with van der Waals surface area (Å²) in [6.45, 7) is 0. The molecule has 0 bridgehead atoms. The molecule has 1 aliphatic carbocycles. The standard InChI is InChI=1S/C13H15F3N2O2/c1-20-8-3-4-10(9(7-8)13(14,15)16)18-11(19)12(17)5-2-6-12/h3-4,7H,2,5-6,17H2,1H3,(H,18,19). The van der Waals surface area contributed by atoms with E-state index in [1.807, 2.05) is 0 Å². The van der Waals surface area contributed by atoms with Gasteiger partial charge in [0, 0.05) is 0 Å². The highest BCUT2D eigenvalue weighted by molar-refractivity contribution is 5.99. The van der Waals surface area contributed by atoms with E-state index in [0.29, 0.717) is 12.8 Å². The van der Waals surface area contributed by atoms with Gasteiger partial charge in [0.05, 0.1) is 23.9 Å². The Morgan fingerprint density at radius 3 is 2.50 bits per heavy atom. The van der Waals surface area contributed by atoms with Gasteiger partial charge >= 0.3 is 6.18 Å². The van der Waals surface area contributed by atoms with Crippen LogP contribution in [-0.4, -0.2) is 18.6 Å². The van der Waals surface area contributed by atoms with Gasteiger partial charge in [0.15, 0.2) is 0 Å². The summed E-state index contributed by atoms with van der Waals surface area (Å²) in [5, 5.41) is 2.27. The number of rotatable bonds is 3. The van der Waals surface area contributed by atoms with Crippen LogP contribution in [0.5, 0.6) is 5.75 Å². The molecule has 1 aromatic rings. The minimum Gasteiger partial charge on any atom is -0.497 e. The number of carbonyl (C=O) groups excluding carboxylic acids is 1. The number of nitrogens with one attached hydrogen (secondary N) is 1. The van der Waals surface area contributed by atoms with Gasteiger partial charge in [0.1, 0.15) is 5.75 Å². The molecule has 3 N–H and O–H groups in total. The third-order valence-corrected chi connectivity index (χ3v) is 3.48. The summed E-state index contributed by atoms with van der Waals surface area (Å²) >= 11 is 0. The number of alkyl halides is 3. The highest BCUT2D eigenvalue weighted by atomic mass is 19.4. The number of anilines is 1. The molecule has 0 radical (unpaired) electrons. The molecule has 20 heavy (non-hydrogen) atoms. The van der Waals surface area contributed by atoms with Crippen molar-refractivity contribution in [3.63, 3.8) is 0 Å². The van der Waals surface area contributed by atoms with Gasteiger partial charge in [-0.05, 0) is 37.5 Å². The number of hydrogen-bond acceptors (Lipinski definition) is 3. The predicted octanol–water partition coefficient (Wildman–Crippen LogP) is 2.53.